The van der Waals surface area contributed by atoms with Gasteiger partial charge in [-0.25, -0.2) is 4.68 Å². The molecule has 0 N–H and O–H groups in total. The topological polar surface area (TPSA) is 88.2 Å². The van der Waals surface area contributed by atoms with Gasteiger partial charge in [-0.05, 0) is 67.8 Å². The quantitative estimate of drug-likeness (QED) is 0.217. The second-order valence-corrected chi connectivity index (χ2v) is 9.78. The summed E-state index contributed by atoms with van der Waals surface area (Å²) in [6.45, 7) is 5.76. The maximum Gasteiger partial charge on any atom is 0.271 e. The molecule has 7 heteroatoms. The van der Waals surface area contributed by atoms with Gasteiger partial charge >= 0.3 is 0 Å². The smallest absolute Gasteiger partial charge is 0.271 e. The number of nitrogens with zero attached hydrogens (tertiary/aromatic N) is 4. The first kappa shape index (κ1) is 25.9. The number of para-hydroxylation sites is 1. The van der Waals surface area contributed by atoms with Crippen molar-refractivity contribution in [1.29, 1.82) is 5.26 Å². The monoisotopic (exact) mass is 518 g/mol. The third kappa shape index (κ3) is 5.19. The van der Waals surface area contributed by atoms with Crippen molar-refractivity contribution >= 4 is 17.9 Å². The van der Waals surface area contributed by atoms with Crippen LogP contribution in [-0.2, 0) is 9.59 Å². The van der Waals surface area contributed by atoms with Gasteiger partial charge in [0.25, 0.3) is 11.8 Å². The summed E-state index contributed by atoms with van der Waals surface area (Å²) in [5.41, 5.74) is 3.84. The summed E-state index contributed by atoms with van der Waals surface area (Å²) in [6.07, 6.45) is 9.87. The standard InChI is InChI=1S/C32H30N4O3/c1-3-18-39-27-16-14-23(15-17-27)30-24(21-35(34-30)25-10-6-4-7-11-25)19-28-22(2)29(20-33)32(38)36(31(28)37)26-12-8-5-9-13-26/h3-4,6-7,10-11,14-17,19,21,26H,1,5,8-9,12-13,18H2,2H3/b28-19+. The Hall–Kier alpha value is -4.70. The van der Waals surface area contributed by atoms with E-state index in [1.54, 1.807) is 23.8 Å². The zero-order valence-corrected chi connectivity index (χ0v) is 22.0. The van der Waals surface area contributed by atoms with Crippen LogP contribution < -0.4 is 4.74 Å². The zero-order valence-electron chi connectivity index (χ0n) is 22.0. The lowest BCUT2D eigenvalue weighted by Crippen LogP contribution is -2.49. The third-order valence-electron chi connectivity index (χ3n) is 7.27. The minimum Gasteiger partial charge on any atom is -0.490 e. The molecular weight excluding hydrogens is 488 g/mol. The number of amides is 2. The normalized spacial score (nSPS) is 17.4. The van der Waals surface area contributed by atoms with E-state index in [4.69, 9.17) is 9.84 Å². The molecule has 39 heavy (non-hydrogen) atoms. The number of carbonyl (C=O) groups excluding carboxylic acids is 2. The summed E-state index contributed by atoms with van der Waals surface area (Å²) in [4.78, 5) is 28.4. The molecule has 5 rings (SSSR count). The lowest BCUT2D eigenvalue weighted by molar-refractivity contribution is -0.143. The van der Waals surface area contributed by atoms with Gasteiger partial charge in [0, 0.05) is 28.9 Å². The van der Waals surface area contributed by atoms with Crippen LogP contribution in [0.15, 0.2) is 90.2 Å². The largest absolute Gasteiger partial charge is 0.490 e. The highest BCUT2D eigenvalue weighted by molar-refractivity contribution is 6.20. The lowest BCUT2D eigenvalue weighted by Gasteiger charge is -2.36. The molecule has 2 heterocycles. The van der Waals surface area contributed by atoms with E-state index in [1.807, 2.05) is 60.8 Å². The highest BCUT2D eigenvalue weighted by Gasteiger charge is 2.40. The maximum absolute atomic E-state index is 13.8. The van der Waals surface area contributed by atoms with E-state index in [9.17, 15) is 14.9 Å². The summed E-state index contributed by atoms with van der Waals surface area (Å²) >= 11 is 0. The Balaban J connectivity index is 1.62. The fourth-order valence-corrected chi connectivity index (χ4v) is 5.22. The van der Waals surface area contributed by atoms with Crippen LogP contribution in [0, 0.1) is 11.3 Å². The number of rotatable bonds is 7. The maximum atomic E-state index is 13.8. The van der Waals surface area contributed by atoms with Gasteiger partial charge in [0.05, 0.1) is 11.4 Å². The molecular formula is C32H30N4O3. The Labute approximate surface area is 228 Å². The highest BCUT2D eigenvalue weighted by atomic mass is 16.5. The van der Waals surface area contributed by atoms with Crippen molar-refractivity contribution in [1.82, 2.24) is 14.7 Å². The Kier molecular flexibility index (Phi) is 7.55. The van der Waals surface area contributed by atoms with Crippen LogP contribution in [0.1, 0.15) is 44.6 Å². The molecule has 1 aliphatic heterocycles. The molecule has 0 radical (unpaired) electrons. The van der Waals surface area contributed by atoms with Gasteiger partial charge in [-0.2, -0.15) is 10.4 Å². The van der Waals surface area contributed by atoms with Gasteiger partial charge in [-0.1, -0.05) is 50.1 Å². The van der Waals surface area contributed by atoms with Crippen LogP contribution in [0.3, 0.4) is 0 Å². The minimum atomic E-state index is -0.487. The predicted octanol–water partition coefficient (Wildman–Crippen LogP) is 6.03. The average Bonchev–Trinajstić information content (AvgIpc) is 3.40. The number of nitriles is 1. The van der Waals surface area contributed by atoms with E-state index >= 15 is 0 Å². The molecule has 0 spiro atoms. The van der Waals surface area contributed by atoms with Gasteiger partial charge in [-0.15, -0.1) is 0 Å². The number of aromatic nitrogens is 2. The van der Waals surface area contributed by atoms with Crippen LogP contribution in [0.2, 0.25) is 0 Å². The Morgan fingerprint density at radius 2 is 1.77 bits per heavy atom. The summed E-state index contributed by atoms with van der Waals surface area (Å²) in [5, 5.41) is 14.7. The van der Waals surface area contributed by atoms with Crippen molar-refractivity contribution in [2.45, 2.75) is 45.1 Å². The molecule has 1 aromatic heterocycles. The van der Waals surface area contributed by atoms with Crippen LogP contribution in [0.25, 0.3) is 23.0 Å². The van der Waals surface area contributed by atoms with Crippen molar-refractivity contribution in [3.63, 3.8) is 0 Å². The molecule has 0 saturated heterocycles. The number of ether oxygens (including phenoxy) is 1. The number of hydrogen-bond donors (Lipinski definition) is 0. The van der Waals surface area contributed by atoms with Crippen LogP contribution in [0.4, 0.5) is 0 Å². The Morgan fingerprint density at radius 1 is 1.05 bits per heavy atom. The van der Waals surface area contributed by atoms with Crippen LogP contribution in [0.5, 0.6) is 5.75 Å². The molecule has 1 aliphatic carbocycles. The van der Waals surface area contributed by atoms with E-state index in [0.29, 0.717) is 34.8 Å². The van der Waals surface area contributed by atoms with Crippen LogP contribution in [-0.4, -0.2) is 39.1 Å². The van der Waals surface area contributed by atoms with E-state index in [2.05, 4.69) is 12.6 Å². The molecule has 1 saturated carbocycles. The van der Waals surface area contributed by atoms with Crippen molar-refractivity contribution in [2.24, 2.45) is 0 Å². The van der Waals surface area contributed by atoms with E-state index in [1.165, 1.54) is 4.90 Å². The van der Waals surface area contributed by atoms with E-state index in [0.717, 1.165) is 43.4 Å². The zero-order chi connectivity index (χ0) is 27.4. The molecule has 1 fully saturated rings. The van der Waals surface area contributed by atoms with E-state index < -0.39 is 5.91 Å². The van der Waals surface area contributed by atoms with Crippen LogP contribution >= 0.6 is 0 Å². The fourth-order valence-electron chi connectivity index (χ4n) is 5.22. The summed E-state index contributed by atoms with van der Waals surface area (Å²) in [6, 6.07) is 19.2. The molecule has 2 amide bonds. The number of benzene rings is 2. The van der Waals surface area contributed by atoms with Crippen molar-refractivity contribution in [2.75, 3.05) is 6.61 Å². The van der Waals surface area contributed by atoms with Gasteiger partial charge in [0.1, 0.15) is 24.0 Å². The molecule has 7 nitrogen and oxygen atoms in total. The van der Waals surface area contributed by atoms with Crippen molar-refractivity contribution in [3.05, 3.63) is 95.7 Å². The van der Waals surface area contributed by atoms with Gasteiger partial charge < -0.3 is 4.74 Å². The fraction of sp³-hybridized carbons (Fsp3) is 0.250. The lowest BCUT2D eigenvalue weighted by atomic mass is 9.88. The molecule has 196 valence electrons. The SMILES string of the molecule is C=CCOc1ccc(-c2nn(-c3ccccc3)cc2/C=C2/C(=O)N(C3CCCCC3)C(=O)C(C#N)=C2C)cc1. The van der Waals surface area contributed by atoms with E-state index in [-0.39, 0.29) is 17.5 Å². The molecule has 0 unspecified atom stereocenters. The minimum absolute atomic E-state index is 0.0205. The summed E-state index contributed by atoms with van der Waals surface area (Å²) in [5.74, 6) is -0.128. The molecule has 0 bridgehead atoms. The number of hydrogen-bond acceptors (Lipinski definition) is 5. The third-order valence-corrected chi connectivity index (χ3v) is 7.27. The van der Waals surface area contributed by atoms with Crippen molar-refractivity contribution in [3.8, 4) is 28.8 Å². The van der Waals surface area contributed by atoms with Gasteiger partial charge in [0.15, 0.2) is 0 Å². The molecule has 3 aromatic rings. The second-order valence-electron chi connectivity index (χ2n) is 9.78. The Bertz CT molecular complexity index is 1500. The first-order valence-corrected chi connectivity index (χ1v) is 13.2. The first-order chi connectivity index (χ1) is 19.0. The predicted molar refractivity (Wildman–Crippen MR) is 150 cm³/mol. The molecule has 2 aliphatic rings. The highest BCUT2D eigenvalue weighted by Crippen LogP contribution is 2.34. The van der Waals surface area contributed by atoms with Gasteiger partial charge in [0.2, 0.25) is 0 Å². The first-order valence-electron chi connectivity index (χ1n) is 13.2. The van der Waals surface area contributed by atoms with Crippen molar-refractivity contribution < 1.29 is 14.3 Å². The Morgan fingerprint density at radius 3 is 2.44 bits per heavy atom. The number of imide groups is 1. The number of carbonyl (C=O) groups is 2. The molecule has 0 atom stereocenters. The summed E-state index contributed by atoms with van der Waals surface area (Å²) < 4.78 is 7.40. The second kappa shape index (κ2) is 11.4. The average molecular weight is 519 g/mol. The molecule has 2 aromatic carbocycles. The summed E-state index contributed by atoms with van der Waals surface area (Å²) in [7, 11) is 0. The van der Waals surface area contributed by atoms with Gasteiger partial charge in [-0.3, -0.25) is 14.5 Å².